The first kappa shape index (κ1) is 19.9. The van der Waals surface area contributed by atoms with Gasteiger partial charge < -0.3 is 5.11 Å². The van der Waals surface area contributed by atoms with E-state index in [4.69, 9.17) is 0 Å². The molecule has 146 valence electrons. The predicted molar refractivity (Wildman–Crippen MR) is 101 cm³/mol. The molecule has 0 amide bonds. The van der Waals surface area contributed by atoms with E-state index in [1.165, 1.54) is 6.07 Å². The van der Waals surface area contributed by atoms with E-state index in [0.717, 1.165) is 23.8 Å². The monoisotopic (exact) mass is 422 g/mol. The maximum Gasteiger partial charge on any atom is 0.298 e. The van der Waals surface area contributed by atoms with Gasteiger partial charge in [-0.2, -0.15) is 21.9 Å². The van der Waals surface area contributed by atoms with Crippen LogP contribution in [0.1, 0.15) is 5.56 Å². The Morgan fingerprint density at radius 3 is 2.04 bits per heavy atom. The second kappa shape index (κ2) is 6.95. The van der Waals surface area contributed by atoms with Crippen molar-refractivity contribution in [2.45, 2.75) is 16.7 Å². The molecule has 3 rings (SSSR count). The van der Waals surface area contributed by atoms with Crippen molar-refractivity contribution < 1.29 is 31.0 Å². The second-order valence-electron chi connectivity index (χ2n) is 5.94. The van der Waals surface area contributed by atoms with Crippen LogP contribution in [0.5, 0.6) is 5.75 Å². The Balaban J connectivity index is 2.29. The average molecular weight is 422 g/mol. The van der Waals surface area contributed by atoms with Crippen molar-refractivity contribution in [3.63, 3.8) is 0 Å². The first-order valence-corrected chi connectivity index (χ1v) is 10.6. The van der Waals surface area contributed by atoms with Gasteiger partial charge in [0, 0.05) is 5.39 Å². The first-order chi connectivity index (χ1) is 13.0. The Morgan fingerprint density at radius 2 is 1.46 bits per heavy atom. The summed E-state index contributed by atoms with van der Waals surface area (Å²) in [5.41, 5.74) is 1.12. The van der Waals surface area contributed by atoms with E-state index in [1.54, 1.807) is 24.3 Å². The zero-order chi connectivity index (χ0) is 20.7. The van der Waals surface area contributed by atoms with Crippen LogP contribution in [-0.4, -0.2) is 31.0 Å². The zero-order valence-corrected chi connectivity index (χ0v) is 15.9. The molecule has 0 aliphatic carbocycles. The van der Waals surface area contributed by atoms with Gasteiger partial charge in [0.2, 0.25) is 0 Å². The van der Waals surface area contributed by atoms with Crippen molar-refractivity contribution in [2.75, 3.05) is 0 Å². The highest BCUT2D eigenvalue weighted by Gasteiger charge is 2.22. The summed E-state index contributed by atoms with van der Waals surface area (Å²) >= 11 is 0. The molecule has 0 saturated carbocycles. The van der Waals surface area contributed by atoms with Gasteiger partial charge in [0.15, 0.2) is 5.75 Å². The quantitative estimate of drug-likeness (QED) is 0.427. The lowest BCUT2D eigenvalue weighted by molar-refractivity contribution is 0.445. The number of hydrogen-bond donors (Lipinski definition) is 3. The fraction of sp³-hybridized carbons (Fsp3) is 0.0588. The SMILES string of the molecule is Cc1ccc(/N=N/c2c(O)c(S(=O)(=O)O)cc3cc(S(=O)(=O)O)ccc23)cc1. The van der Waals surface area contributed by atoms with Gasteiger partial charge in [0.25, 0.3) is 20.2 Å². The molecule has 3 aromatic rings. The van der Waals surface area contributed by atoms with Crippen molar-refractivity contribution in [3.8, 4) is 5.75 Å². The number of nitrogens with zero attached hydrogens (tertiary/aromatic N) is 2. The van der Waals surface area contributed by atoms with Crippen molar-refractivity contribution >= 4 is 42.4 Å². The van der Waals surface area contributed by atoms with E-state index in [1.807, 2.05) is 6.92 Å². The maximum atomic E-state index is 11.6. The van der Waals surface area contributed by atoms with E-state index >= 15 is 0 Å². The summed E-state index contributed by atoms with van der Waals surface area (Å²) in [4.78, 5) is -1.36. The predicted octanol–water partition coefficient (Wildman–Crippen LogP) is 3.76. The zero-order valence-electron chi connectivity index (χ0n) is 14.3. The third kappa shape index (κ3) is 4.02. The van der Waals surface area contributed by atoms with E-state index in [-0.39, 0.29) is 16.5 Å². The van der Waals surface area contributed by atoms with Crippen LogP contribution in [0.25, 0.3) is 10.8 Å². The highest BCUT2D eigenvalue weighted by atomic mass is 32.2. The molecule has 0 radical (unpaired) electrons. The smallest absolute Gasteiger partial charge is 0.298 e. The summed E-state index contributed by atoms with van der Waals surface area (Å²) < 4.78 is 64.4. The summed E-state index contributed by atoms with van der Waals surface area (Å²) in [6.07, 6.45) is 0. The number of azo groups is 1. The average Bonchev–Trinajstić information content (AvgIpc) is 2.60. The minimum Gasteiger partial charge on any atom is -0.504 e. The van der Waals surface area contributed by atoms with Crippen LogP contribution >= 0.6 is 0 Å². The Kier molecular flexibility index (Phi) is 4.93. The lowest BCUT2D eigenvalue weighted by atomic mass is 10.1. The topological polar surface area (TPSA) is 154 Å². The summed E-state index contributed by atoms with van der Waals surface area (Å²) in [7, 11) is -9.40. The van der Waals surface area contributed by atoms with E-state index < -0.39 is 35.8 Å². The minimum atomic E-state index is -4.85. The van der Waals surface area contributed by atoms with Gasteiger partial charge in [-0.25, -0.2) is 0 Å². The second-order valence-corrected chi connectivity index (χ2v) is 8.75. The van der Waals surface area contributed by atoms with Crippen LogP contribution in [0.15, 0.2) is 68.6 Å². The molecule has 11 heteroatoms. The van der Waals surface area contributed by atoms with Crippen LogP contribution in [0.3, 0.4) is 0 Å². The molecular formula is C17H14N2O7S2. The highest BCUT2D eigenvalue weighted by Crippen LogP contribution is 2.41. The van der Waals surface area contributed by atoms with Crippen molar-refractivity contribution in [3.05, 3.63) is 54.1 Å². The normalized spacial score (nSPS) is 12.7. The third-order valence-electron chi connectivity index (χ3n) is 3.90. The first-order valence-electron chi connectivity index (χ1n) is 7.70. The molecule has 0 spiro atoms. The number of fused-ring (bicyclic) bond motifs is 1. The molecule has 28 heavy (non-hydrogen) atoms. The van der Waals surface area contributed by atoms with Gasteiger partial charge in [0.05, 0.1) is 10.6 Å². The van der Waals surface area contributed by atoms with Gasteiger partial charge in [-0.05, 0) is 42.6 Å². The van der Waals surface area contributed by atoms with Gasteiger partial charge in [-0.3, -0.25) is 9.11 Å². The molecule has 0 fully saturated rings. The van der Waals surface area contributed by atoms with Crippen molar-refractivity contribution in [1.29, 1.82) is 0 Å². The molecule has 0 saturated heterocycles. The van der Waals surface area contributed by atoms with Gasteiger partial charge in [-0.1, -0.05) is 23.8 Å². The fourth-order valence-corrected chi connectivity index (χ4v) is 3.64. The highest BCUT2D eigenvalue weighted by molar-refractivity contribution is 7.86. The number of hydrogen-bond acceptors (Lipinski definition) is 7. The summed E-state index contributed by atoms with van der Waals surface area (Å²) in [6, 6.07) is 11.0. The number of phenols is 1. The van der Waals surface area contributed by atoms with Crippen LogP contribution in [-0.2, 0) is 20.2 Å². The summed E-state index contributed by atoms with van der Waals surface area (Å²) in [5, 5.41) is 18.3. The van der Waals surface area contributed by atoms with Crippen LogP contribution < -0.4 is 0 Å². The number of aryl methyl sites for hydroxylation is 1. The lowest BCUT2D eigenvalue weighted by Crippen LogP contribution is -2.00. The number of aromatic hydroxyl groups is 1. The third-order valence-corrected chi connectivity index (χ3v) is 5.61. The molecule has 9 nitrogen and oxygen atoms in total. The molecule has 0 unspecified atom stereocenters. The molecule has 0 aromatic heterocycles. The standard InChI is InChI=1S/C17H14N2O7S2/c1-10-2-4-12(5-3-10)18-19-16-14-7-6-13(27(21,22)23)8-11(14)9-15(17(16)20)28(24,25)26/h2-9,20H,1H3,(H,21,22,23)(H,24,25,26)/b19-18+. The molecular weight excluding hydrogens is 408 g/mol. The lowest BCUT2D eigenvalue weighted by Gasteiger charge is -2.09. The summed E-state index contributed by atoms with van der Waals surface area (Å²) in [6.45, 7) is 1.88. The Morgan fingerprint density at radius 1 is 0.821 bits per heavy atom. The molecule has 0 aliphatic heterocycles. The molecule has 3 N–H and O–H groups in total. The Hall–Kier alpha value is -2.86. The molecule has 0 bridgehead atoms. The Labute approximate surface area is 160 Å². The molecule has 0 atom stereocenters. The van der Waals surface area contributed by atoms with Crippen molar-refractivity contribution in [1.82, 2.24) is 0 Å². The molecule has 3 aromatic carbocycles. The van der Waals surface area contributed by atoms with Crippen LogP contribution in [0.4, 0.5) is 11.4 Å². The number of benzene rings is 3. The maximum absolute atomic E-state index is 11.6. The van der Waals surface area contributed by atoms with Crippen LogP contribution in [0, 0.1) is 6.92 Å². The number of phenolic OH excluding ortho intramolecular Hbond substituents is 1. The molecule has 0 heterocycles. The van der Waals surface area contributed by atoms with Gasteiger partial charge in [-0.15, -0.1) is 5.11 Å². The van der Waals surface area contributed by atoms with E-state index in [2.05, 4.69) is 10.2 Å². The largest absolute Gasteiger partial charge is 0.504 e. The van der Waals surface area contributed by atoms with E-state index in [0.29, 0.717) is 5.69 Å². The van der Waals surface area contributed by atoms with Gasteiger partial charge >= 0.3 is 0 Å². The van der Waals surface area contributed by atoms with E-state index in [9.17, 15) is 31.0 Å². The van der Waals surface area contributed by atoms with Gasteiger partial charge in [0.1, 0.15) is 10.6 Å². The molecule has 0 aliphatic rings. The fourth-order valence-electron chi connectivity index (χ4n) is 2.51. The van der Waals surface area contributed by atoms with Crippen LogP contribution in [0.2, 0.25) is 0 Å². The summed E-state index contributed by atoms with van der Waals surface area (Å²) in [5.74, 6) is -0.842. The minimum absolute atomic E-state index is 0.00148. The van der Waals surface area contributed by atoms with Crippen molar-refractivity contribution in [2.24, 2.45) is 10.2 Å². The Bertz CT molecular complexity index is 1310. The number of rotatable bonds is 4.